The molecule has 1 atom stereocenters. The van der Waals surface area contributed by atoms with Gasteiger partial charge in [-0.15, -0.1) is 0 Å². The Balaban J connectivity index is 2.12. The van der Waals surface area contributed by atoms with E-state index in [1.807, 2.05) is 13.0 Å². The van der Waals surface area contributed by atoms with E-state index in [-0.39, 0.29) is 16.8 Å². The maximum atomic E-state index is 12.1. The van der Waals surface area contributed by atoms with Gasteiger partial charge in [-0.25, -0.2) is 18.5 Å². The maximum absolute atomic E-state index is 12.1. The molecule has 22 heavy (non-hydrogen) atoms. The van der Waals surface area contributed by atoms with Gasteiger partial charge in [0, 0.05) is 5.69 Å². The first-order valence-electron chi connectivity index (χ1n) is 6.64. The van der Waals surface area contributed by atoms with Crippen molar-refractivity contribution < 1.29 is 13.2 Å². The molecule has 0 radical (unpaired) electrons. The van der Waals surface area contributed by atoms with Crippen molar-refractivity contribution in [1.29, 1.82) is 0 Å². The largest absolute Gasteiger partial charge is 0.344 e. The van der Waals surface area contributed by atoms with Crippen LogP contribution in [-0.2, 0) is 10.0 Å². The van der Waals surface area contributed by atoms with Crippen molar-refractivity contribution in [1.82, 2.24) is 10.3 Å². The molecule has 0 aliphatic heterocycles. The Morgan fingerprint density at radius 1 is 1.18 bits per heavy atom. The topological polar surface area (TPSA) is 102 Å². The summed E-state index contributed by atoms with van der Waals surface area (Å²) in [5, 5.41) is 7.86. The molecule has 0 aliphatic carbocycles. The van der Waals surface area contributed by atoms with Crippen LogP contribution in [0, 0.1) is 6.92 Å². The quantitative estimate of drug-likeness (QED) is 0.892. The normalized spacial score (nSPS) is 12.7. The van der Waals surface area contributed by atoms with Crippen LogP contribution in [0.2, 0.25) is 0 Å². The Bertz CT molecular complexity index is 786. The van der Waals surface area contributed by atoms with E-state index in [0.29, 0.717) is 5.69 Å². The van der Waals surface area contributed by atoms with E-state index in [0.717, 1.165) is 11.3 Å². The number of benzene rings is 1. The number of hydrogen-bond donors (Lipinski definition) is 2. The summed E-state index contributed by atoms with van der Waals surface area (Å²) in [6.45, 7) is 3.62. The first kappa shape index (κ1) is 16.1. The lowest BCUT2D eigenvalue weighted by molar-refractivity contribution is 0.0934. The first-order valence-corrected chi connectivity index (χ1v) is 8.19. The summed E-state index contributed by atoms with van der Waals surface area (Å²) in [5.41, 5.74) is 1.87. The number of pyridine rings is 1. The number of carbonyl (C=O) groups excluding carboxylic acids is 1. The standard InChI is InChI=1S/C15H17N3O3S/c1-10-4-3-5-14(17-10)15(19)18-11(2)12-6-8-13(9-7-12)22(16,20)21/h3-9,11H,1-2H3,(H,18,19)(H2,16,20,21). The summed E-state index contributed by atoms with van der Waals surface area (Å²) in [6, 6.07) is 11.0. The number of nitrogens with two attached hydrogens (primary N) is 1. The van der Waals surface area contributed by atoms with Gasteiger partial charge in [0.05, 0.1) is 10.9 Å². The number of nitrogens with zero attached hydrogens (tertiary/aromatic N) is 1. The Morgan fingerprint density at radius 3 is 2.36 bits per heavy atom. The predicted octanol–water partition coefficient (Wildman–Crippen LogP) is 1.53. The highest BCUT2D eigenvalue weighted by Gasteiger charge is 2.14. The number of amides is 1. The summed E-state index contributed by atoms with van der Waals surface area (Å²) in [7, 11) is -3.71. The van der Waals surface area contributed by atoms with Gasteiger partial charge in [-0.05, 0) is 43.7 Å². The number of rotatable bonds is 4. The van der Waals surface area contributed by atoms with Crippen LogP contribution < -0.4 is 10.5 Å². The lowest BCUT2D eigenvalue weighted by atomic mass is 10.1. The van der Waals surface area contributed by atoms with Crippen LogP contribution in [0.25, 0.3) is 0 Å². The average Bonchev–Trinajstić information content (AvgIpc) is 2.46. The number of carbonyl (C=O) groups is 1. The van der Waals surface area contributed by atoms with Crippen molar-refractivity contribution in [3.8, 4) is 0 Å². The van der Waals surface area contributed by atoms with Crippen molar-refractivity contribution in [2.75, 3.05) is 0 Å². The van der Waals surface area contributed by atoms with E-state index in [4.69, 9.17) is 5.14 Å². The number of hydrogen-bond acceptors (Lipinski definition) is 4. The average molecular weight is 319 g/mol. The molecule has 0 fully saturated rings. The summed E-state index contributed by atoms with van der Waals surface area (Å²) < 4.78 is 22.4. The summed E-state index contributed by atoms with van der Waals surface area (Å²) >= 11 is 0. The van der Waals surface area contributed by atoms with E-state index >= 15 is 0 Å². The second-order valence-electron chi connectivity index (χ2n) is 4.97. The molecule has 0 saturated carbocycles. The van der Waals surface area contributed by atoms with Crippen molar-refractivity contribution in [3.63, 3.8) is 0 Å². The minimum Gasteiger partial charge on any atom is -0.344 e. The molecule has 0 spiro atoms. The molecule has 116 valence electrons. The first-order chi connectivity index (χ1) is 10.3. The third-order valence-corrected chi connectivity index (χ3v) is 4.11. The van der Waals surface area contributed by atoms with Gasteiger partial charge in [-0.1, -0.05) is 18.2 Å². The van der Waals surface area contributed by atoms with Crippen LogP contribution in [0.5, 0.6) is 0 Å². The van der Waals surface area contributed by atoms with Gasteiger partial charge in [0.25, 0.3) is 5.91 Å². The number of nitrogens with one attached hydrogen (secondary N) is 1. The fourth-order valence-corrected chi connectivity index (χ4v) is 2.49. The maximum Gasteiger partial charge on any atom is 0.270 e. The van der Waals surface area contributed by atoms with Gasteiger partial charge in [0.15, 0.2) is 0 Å². The second kappa shape index (κ2) is 6.25. The molecule has 1 heterocycles. The second-order valence-corrected chi connectivity index (χ2v) is 6.53. The molecule has 1 aromatic heterocycles. The van der Waals surface area contributed by atoms with Crippen LogP contribution in [0.15, 0.2) is 47.4 Å². The molecule has 0 aliphatic rings. The summed E-state index contributed by atoms with van der Waals surface area (Å²) in [5.74, 6) is -0.285. The Morgan fingerprint density at radius 2 is 1.82 bits per heavy atom. The minimum atomic E-state index is -3.71. The predicted molar refractivity (Wildman–Crippen MR) is 82.7 cm³/mol. The lowest BCUT2D eigenvalue weighted by Gasteiger charge is -2.14. The molecule has 2 rings (SSSR count). The Kier molecular flexibility index (Phi) is 4.58. The fraction of sp³-hybridized carbons (Fsp3) is 0.200. The fourth-order valence-electron chi connectivity index (χ4n) is 1.97. The molecule has 2 aromatic rings. The highest BCUT2D eigenvalue weighted by Crippen LogP contribution is 2.16. The van der Waals surface area contributed by atoms with Crippen molar-refractivity contribution >= 4 is 15.9 Å². The van der Waals surface area contributed by atoms with E-state index in [9.17, 15) is 13.2 Å². The van der Waals surface area contributed by atoms with Crippen LogP contribution in [-0.4, -0.2) is 19.3 Å². The van der Waals surface area contributed by atoms with E-state index in [2.05, 4.69) is 10.3 Å². The Labute approximate surface area is 129 Å². The van der Waals surface area contributed by atoms with Crippen LogP contribution in [0.3, 0.4) is 0 Å². The zero-order valence-corrected chi connectivity index (χ0v) is 13.1. The SMILES string of the molecule is Cc1cccc(C(=O)NC(C)c2ccc(S(N)(=O)=O)cc2)n1. The van der Waals surface area contributed by atoms with Crippen molar-refractivity contribution in [2.45, 2.75) is 24.8 Å². The van der Waals surface area contributed by atoms with Crippen LogP contribution in [0.4, 0.5) is 0 Å². The van der Waals surface area contributed by atoms with Crippen molar-refractivity contribution in [2.24, 2.45) is 5.14 Å². The number of aryl methyl sites for hydroxylation is 1. The number of sulfonamides is 1. The Hall–Kier alpha value is -2.25. The lowest BCUT2D eigenvalue weighted by Crippen LogP contribution is -2.27. The zero-order valence-electron chi connectivity index (χ0n) is 12.3. The summed E-state index contributed by atoms with van der Waals surface area (Å²) in [6.07, 6.45) is 0. The minimum absolute atomic E-state index is 0.0372. The summed E-state index contributed by atoms with van der Waals surface area (Å²) in [4.78, 5) is 16.3. The van der Waals surface area contributed by atoms with Gasteiger partial charge in [0.2, 0.25) is 10.0 Å². The van der Waals surface area contributed by atoms with Gasteiger partial charge in [-0.2, -0.15) is 0 Å². The van der Waals surface area contributed by atoms with E-state index in [1.54, 1.807) is 31.2 Å². The molecule has 1 aromatic carbocycles. The molecule has 1 unspecified atom stereocenters. The molecule has 7 heteroatoms. The van der Waals surface area contributed by atoms with E-state index < -0.39 is 10.0 Å². The monoisotopic (exact) mass is 319 g/mol. The van der Waals surface area contributed by atoms with E-state index in [1.165, 1.54) is 12.1 Å². The number of aromatic nitrogens is 1. The highest BCUT2D eigenvalue weighted by molar-refractivity contribution is 7.89. The van der Waals surface area contributed by atoms with Gasteiger partial charge < -0.3 is 5.32 Å². The zero-order chi connectivity index (χ0) is 16.3. The van der Waals surface area contributed by atoms with Gasteiger partial charge in [-0.3, -0.25) is 4.79 Å². The van der Waals surface area contributed by atoms with Gasteiger partial charge >= 0.3 is 0 Å². The number of primary sulfonamides is 1. The molecular formula is C15H17N3O3S. The molecule has 0 saturated heterocycles. The van der Waals surface area contributed by atoms with Gasteiger partial charge in [0.1, 0.15) is 5.69 Å². The third kappa shape index (κ3) is 3.90. The highest BCUT2D eigenvalue weighted by atomic mass is 32.2. The molecule has 0 bridgehead atoms. The van der Waals surface area contributed by atoms with Crippen LogP contribution in [0.1, 0.15) is 34.7 Å². The van der Waals surface area contributed by atoms with Crippen LogP contribution >= 0.6 is 0 Å². The smallest absolute Gasteiger partial charge is 0.270 e. The molecule has 6 nitrogen and oxygen atoms in total. The third-order valence-electron chi connectivity index (χ3n) is 3.18. The molecular weight excluding hydrogens is 302 g/mol. The molecule has 3 N–H and O–H groups in total. The van der Waals surface area contributed by atoms with Crippen molar-refractivity contribution in [3.05, 3.63) is 59.4 Å². The molecule has 1 amide bonds.